The molecule has 2 N–H and O–H groups in total. The van der Waals surface area contributed by atoms with E-state index in [0.717, 1.165) is 16.9 Å². The van der Waals surface area contributed by atoms with Gasteiger partial charge in [-0.1, -0.05) is 6.07 Å². The molecule has 0 unspecified atom stereocenters. The van der Waals surface area contributed by atoms with Crippen molar-refractivity contribution in [1.82, 2.24) is 10.3 Å². The number of nitrogens with zero attached hydrogens (tertiary/aromatic N) is 1. The topological polar surface area (TPSA) is 63.2 Å². The Kier molecular flexibility index (Phi) is 5.15. The number of carbonyl (C=O) groups is 1. The molecule has 5 heteroatoms. The Hall–Kier alpha value is -2.56. The van der Waals surface area contributed by atoms with Crippen LogP contribution in [0.25, 0.3) is 0 Å². The number of nitrogens with one attached hydrogen (secondary N) is 2. The molecule has 0 atom stereocenters. The standard InChI is InChI=1S/C16H19N3O2/c1-3-21-15-10-14(5-4-12(15)2)19-16(20)18-11-13-6-8-17-9-7-13/h4-10H,3,11H2,1-2H3,(H2,18,19,20). The molecule has 1 aromatic carbocycles. The summed E-state index contributed by atoms with van der Waals surface area (Å²) in [6.45, 7) is 4.95. The molecule has 2 aromatic rings. The van der Waals surface area contributed by atoms with Gasteiger partial charge in [-0.2, -0.15) is 0 Å². The van der Waals surface area contributed by atoms with Crippen LogP contribution in [-0.4, -0.2) is 17.6 Å². The highest BCUT2D eigenvalue weighted by Crippen LogP contribution is 2.22. The van der Waals surface area contributed by atoms with Gasteiger partial charge in [-0.05, 0) is 43.2 Å². The summed E-state index contributed by atoms with van der Waals surface area (Å²) in [6, 6.07) is 9.06. The van der Waals surface area contributed by atoms with Crippen LogP contribution < -0.4 is 15.4 Å². The second-order valence-corrected chi connectivity index (χ2v) is 4.58. The fourth-order valence-corrected chi connectivity index (χ4v) is 1.85. The summed E-state index contributed by atoms with van der Waals surface area (Å²) in [5.41, 5.74) is 2.75. The summed E-state index contributed by atoms with van der Waals surface area (Å²) in [5.74, 6) is 0.782. The molecule has 1 heterocycles. The van der Waals surface area contributed by atoms with Crippen LogP contribution in [0, 0.1) is 6.92 Å². The first-order chi connectivity index (χ1) is 10.2. The smallest absolute Gasteiger partial charge is 0.319 e. The summed E-state index contributed by atoms with van der Waals surface area (Å²) in [4.78, 5) is 15.8. The van der Waals surface area contributed by atoms with Crippen molar-refractivity contribution in [2.45, 2.75) is 20.4 Å². The fraction of sp³-hybridized carbons (Fsp3) is 0.250. The van der Waals surface area contributed by atoms with Crippen LogP contribution >= 0.6 is 0 Å². The van der Waals surface area contributed by atoms with E-state index in [1.54, 1.807) is 12.4 Å². The van der Waals surface area contributed by atoms with Crippen LogP contribution in [0.4, 0.5) is 10.5 Å². The minimum atomic E-state index is -0.252. The maximum Gasteiger partial charge on any atom is 0.319 e. The molecule has 2 amide bonds. The summed E-state index contributed by atoms with van der Waals surface area (Å²) < 4.78 is 5.51. The predicted octanol–water partition coefficient (Wildman–Crippen LogP) is 3.11. The monoisotopic (exact) mass is 285 g/mol. The lowest BCUT2D eigenvalue weighted by atomic mass is 10.2. The summed E-state index contributed by atoms with van der Waals surface area (Å²) >= 11 is 0. The van der Waals surface area contributed by atoms with Gasteiger partial charge < -0.3 is 15.4 Å². The third kappa shape index (κ3) is 4.49. The van der Waals surface area contributed by atoms with Crippen molar-refractivity contribution < 1.29 is 9.53 Å². The molecule has 0 saturated heterocycles. The minimum Gasteiger partial charge on any atom is -0.494 e. The number of aromatic nitrogens is 1. The normalized spacial score (nSPS) is 10.0. The lowest BCUT2D eigenvalue weighted by molar-refractivity contribution is 0.251. The number of benzene rings is 1. The Morgan fingerprint density at radius 3 is 2.71 bits per heavy atom. The molecule has 0 aliphatic heterocycles. The number of pyridine rings is 1. The van der Waals surface area contributed by atoms with Gasteiger partial charge in [-0.25, -0.2) is 4.79 Å². The van der Waals surface area contributed by atoms with Crippen molar-refractivity contribution in [1.29, 1.82) is 0 Å². The first kappa shape index (κ1) is 14.8. The van der Waals surface area contributed by atoms with Crippen LogP contribution in [-0.2, 0) is 6.54 Å². The van der Waals surface area contributed by atoms with Crippen LogP contribution in [0.5, 0.6) is 5.75 Å². The Labute approximate surface area is 124 Å². The number of amides is 2. The molecule has 0 aliphatic rings. The van der Waals surface area contributed by atoms with Gasteiger partial charge >= 0.3 is 6.03 Å². The zero-order chi connectivity index (χ0) is 15.1. The number of urea groups is 1. The molecule has 0 radical (unpaired) electrons. The van der Waals surface area contributed by atoms with Crippen molar-refractivity contribution in [3.05, 3.63) is 53.9 Å². The molecule has 0 fully saturated rings. The quantitative estimate of drug-likeness (QED) is 0.887. The van der Waals surface area contributed by atoms with E-state index in [-0.39, 0.29) is 6.03 Å². The first-order valence-corrected chi connectivity index (χ1v) is 6.86. The number of ether oxygens (including phenoxy) is 1. The van der Waals surface area contributed by atoms with E-state index in [1.165, 1.54) is 0 Å². The summed E-state index contributed by atoms with van der Waals surface area (Å²) in [6.07, 6.45) is 3.40. The van der Waals surface area contributed by atoms with Crippen molar-refractivity contribution in [2.24, 2.45) is 0 Å². The molecule has 2 rings (SSSR count). The molecule has 0 spiro atoms. The first-order valence-electron chi connectivity index (χ1n) is 6.86. The highest BCUT2D eigenvalue weighted by Gasteiger charge is 2.05. The molecule has 0 bridgehead atoms. The summed E-state index contributed by atoms with van der Waals surface area (Å²) in [5, 5.41) is 5.59. The molecule has 0 saturated carbocycles. The minimum absolute atomic E-state index is 0.252. The molecule has 0 aliphatic carbocycles. The fourth-order valence-electron chi connectivity index (χ4n) is 1.85. The van der Waals surface area contributed by atoms with E-state index in [9.17, 15) is 4.79 Å². The predicted molar refractivity (Wildman–Crippen MR) is 82.4 cm³/mol. The van der Waals surface area contributed by atoms with Crippen LogP contribution in [0.15, 0.2) is 42.7 Å². The number of aryl methyl sites for hydroxylation is 1. The number of anilines is 1. The highest BCUT2D eigenvalue weighted by atomic mass is 16.5. The number of hydrogen-bond donors (Lipinski definition) is 2. The SMILES string of the molecule is CCOc1cc(NC(=O)NCc2ccncc2)ccc1C. The van der Waals surface area contributed by atoms with Crippen molar-refractivity contribution in [3.63, 3.8) is 0 Å². The van der Waals surface area contributed by atoms with E-state index < -0.39 is 0 Å². The van der Waals surface area contributed by atoms with Gasteiger partial charge in [0.1, 0.15) is 5.75 Å². The average Bonchev–Trinajstić information content (AvgIpc) is 2.50. The number of carbonyl (C=O) groups excluding carboxylic acids is 1. The van der Waals surface area contributed by atoms with Gasteiger partial charge in [0.25, 0.3) is 0 Å². The second-order valence-electron chi connectivity index (χ2n) is 4.58. The molecular weight excluding hydrogens is 266 g/mol. The Morgan fingerprint density at radius 1 is 1.24 bits per heavy atom. The van der Waals surface area contributed by atoms with Gasteiger partial charge in [-0.3, -0.25) is 4.98 Å². The van der Waals surface area contributed by atoms with E-state index >= 15 is 0 Å². The van der Waals surface area contributed by atoms with Crippen LogP contribution in [0.1, 0.15) is 18.1 Å². The average molecular weight is 285 g/mol. The summed E-state index contributed by atoms with van der Waals surface area (Å²) in [7, 11) is 0. The van der Waals surface area contributed by atoms with Crippen LogP contribution in [0.2, 0.25) is 0 Å². The zero-order valence-electron chi connectivity index (χ0n) is 12.2. The Morgan fingerprint density at radius 2 is 2.00 bits per heavy atom. The van der Waals surface area contributed by atoms with Gasteiger partial charge in [-0.15, -0.1) is 0 Å². The van der Waals surface area contributed by atoms with E-state index in [1.807, 2.05) is 44.2 Å². The Balaban J connectivity index is 1.92. The molecule has 1 aromatic heterocycles. The maximum atomic E-state index is 11.9. The van der Waals surface area contributed by atoms with E-state index in [2.05, 4.69) is 15.6 Å². The second kappa shape index (κ2) is 7.28. The van der Waals surface area contributed by atoms with E-state index in [0.29, 0.717) is 18.8 Å². The van der Waals surface area contributed by atoms with Crippen molar-refractivity contribution in [2.75, 3.05) is 11.9 Å². The number of rotatable bonds is 5. The van der Waals surface area contributed by atoms with Gasteiger partial charge in [0, 0.05) is 30.7 Å². The van der Waals surface area contributed by atoms with E-state index in [4.69, 9.17) is 4.74 Å². The zero-order valence-corrected chi connectivity index (χ0v) is 12.2. The lowest BCUT2D eigenvalue weighted by Gasteiger charge is -2.11. The Bertz CT molecular complexity index is 600. The molecular formula is C16H19N3O2. The van der Waals surface area contributed by atoms with Gasteiger partial charge in [0.2, 0.25) is 0 Å². The third-order valence-corrected chi connectivity index (χ3v) is 2.95. The molecule has 5 nitrogen and oxygen atoms in total. The maximum absolute atomic E-state index is 11.9. The molecule has 21 heavy (non-hydrogen) atoms. The van der Waals surface area contributed by atoms with Crippen molar-refractivity contribution in [3.8, 4) is 5.75 Å². The van der Waals surface area contributed by atoms with Crippen molar-refractivity contribution >= 4 is 11.7 Å². The van der Waals surface area contributed by atoms with Crippen LogP contribution in [0.3, 0.4) is 0 Å². The molecule has 110 valence electrons. The number of hydrogen-bond acceptors (Lipinski definition) is 3. The largest absolute Gasteiger partial charge is 0.494 e. The highest BCUT2D eigenvalue weighted by molar-refractivity contribution is 5.89. The third-order valence-electron chi connectivity index (χ3n) is 2.95. The van der Waals surface area contributed by atoms with Gasteiger partial charge in [0.15, 0.2) is 0 Å². The lowest BCUT2D eigenvalue weighted by Crippen LogP contribution is -2.28. The van der Waals surface area contributed by atoms with Gasteiger partial charge in [0.05, 0.1) is 6.61 Å².